The van der Waals surface area contributed by atoms with E-state index in [1.165, 1.54) is 25.7 Å². The van der Waals surface area contributed by atoms with Crippen LogP contribution in [0.4, 0.5) is 0 Å². The third-order valence-corrected chi connectivity index (χ3v) is 2.76. The van der Waals surface area contributed by atoms with Gasteiger partial charge in [-0.15, -0.1) is 0 Å². The molecule has 0 aliphatic heterocycles. The maximum absolute atomic E-state index is 5.67. The van der Waals surface area contributed by atoms with E-state index < -0.39 is 0 Å². The Bertz CT molecular complexity index is 117. The van der Waals surface area contributed by atoms with Crippen LogP contribution < -0.4 is 5.32 Å². The van der Waals surface area contributed by atoms with Gasteiger partial charge in [0.05, 0.1) is 6.61 Å². The lowest BCUT2D eigenvalue weighted by atomic mass is 10.0. The summed E-state index contributed by atoms with van der Waals surface area (Å²) in [5.41, 5.74) is 0. The van der Waals surface area contributed by atoms with Crippen LogP contribution >= 0.6 is 0 Å². The molecule has 0 fully saturated rings. The van der Waals surface area contributed by atoms with Gasteiger partial charge in [-0.05, 0) is 26.3 Å². The zero-order chi connectivity index (χ0) is 10.8. The summed E-state index contributed by atoms with van der Waals surface area (Å²) in [5.74, 6) is 0.763. The molecule has 0 aromatic rings. The van der Waals surface area contributed by atoms with E-state index in [4.69, 9.17) is 4.74 Å². The maximum Gasteiger partial charge on any atom is 0.0616 e. The van der Waals surface area contributed by atoms with Gasteiger partial charge in [-0.25, -0.2) is 0 Å². The highest BCUT2D eigenvalue weighted by Crippen LogP contribution is 2.12. The summed E-state index contributed by atoms with van der Waals surface area (Å²) < 4.78 is 5.67. The van der Waals surface area contributed by atoms with E-state index in [0.29, 0.717) is 6.04 Å². The van der Waals surface area contributed by atoms with Crippen molar-refractivity contribution in [2.24, 2.45) is 5.92 Å². The van der Waals surface area contributed by atoms with Crippen LogP contribution in [-0.4, -0.2) is 26.3 Å². The molecule has 2 unspecified atom stereocenters. The normalized spacial score (nSPS) is 15.4. The second-order valence-electron chi connectivity index (χ2n) is 4.14. The average molecular weight is 201 g/mol. The smallest absolute Gasteiger partial charge is 0.0616 e. The molecule has 0 saturated carbocycles. The summed E-state index contributed by atoms with van der Waals surface area (Å²) >= 11 is 0. The van der Waals surface area contributed by atoms with Crippen LogP contribution in [0.2, 0.25) is 0 Å². The minimum absolute atomic E-state index is 0.471. The van der Waals surface area contributed by atoms with Crippen molar-refractivity contribution in [2.45, 2.75) is 52.5 Å². The van der Waals surface area contributed by atoms with Gasteiger partial charge in [0.25, 0.3) is 0 Å². The molecule has 0 aromatic heterocycles. The number of likely N-dealkylation sites (N-methyl/N-ethyl adjacent to an activating group) is 1. The molecule has 0 rings (SSSR count). The SMILES string of the molecule is CCCCC(CC)COCC(C)NC. The average Bonchev–Trinajstić information content (AvgIpc) is 2.22. The van der Waals surface area contributed by atoms with Crippen molar-refractivity contribution in [3.05, 3.63) is 0 Å². The Morgan fingerprint density at radius 3 is 2.43 bits per heavy atom. The molecular weight excluding hydrogens is 174 g/mol. The van der Waals surface area contributed by atoms with Crippen LogP contribution in [0.15, 0.2) is 0 Å². The van der Waals surface area contributed by atoms with Gasteiger partial charge in [0.2, 0.25) is 0 Å². The maximum atomic E-state index is 5.67. The van der Waals surface area contributed by atoms with Gasteiger partial charge in [-0.2, -0.15) is 0 Å². The number of rotatable bonds is 9. The van der Waals surface area contributed by atoms with Crippen molar-refractivity contribution < 1.29 is 4.74 Å². The summed E-state index contributed by atoms with van der Waals surface area (Å²) in [5, 5.41) is 3.17. The van der Waals surface area contributed by atoms with Gasteiger partial charge in [0.1, 0.15) is 0 Å². The first-order valence-corrected chi connectivity index (χ1v) is 5.99. The van der Waals surface area contributed by atoms with E-state index in [1.54, 1.807) is 0 Å². The van der Waals surface area contributed by atoms with Gasteiger partial charge >= 0.3 is 0 Å². The Hall–Kier alpha value is -0.0800. The van der Waals surface area contributed by atoms with Crippen LogP contribution in [0.5, 0.6) is 0 Å². The Morgan fingerprint density at radius 1 is 1.21 bits per heavy atom. The predicted octanol–water partition coefficient (Wildman–Crippen LogP) is 2.83. The Morgan fingerprint density at radius 2 is 1.93 bits per heavy atom. The fraction of sp³-hybridized carbons (Fsp3) is 1.00. The van der Waals surface area contributed by atoms with E-state index in [0.717, 1.165) is 19.1 Å². The summed E-state index contributed by atoms with van der Waals surface area (Å²) in [4.78, 5) is 0. The monoisotopic (exact) mass is 201 g/mol. The number of ether oxygens (including phenoxy) is 1. The fourth-order valence-electron chi connectivity index (χ4n) is 1.39. The lowest BCUT2D eigenvalue weighted by Gasteiger charge is -2.16. The predicted molar refractivity (Wildman–Crippen MR) is 62.6 cm³/mol. The molecule has 0 amide bonds. The van der Waals surface area contributed by atoms with Crippen molar-refractivity contribution in [1.82, 2.24) is 5.32 Å². The van der Waals surface area contributed by atoms with Gasteiger partial charge < -0.3 is 10.1 Å². The standard InChI is InChI=1S/C12H27NO/c1-5-7-8-12(6-2)10-14-9-11(3)13-4/h11-13H,5-10H2,1-4H3. The molecule has 2 nitrogen and oxygen atoms in total. The quantitative estimate of drug-likeness (QED) is 0.619. The van der Waals surface area contributed by atoms with Crippen LogP contribution in [-0.2, 0) is 4.74 Å². The highest BCUT2D eigenvalue weighted by atomic mass is 16.5. The summed E-state index contributed by atoms with van der Waals surface area (Å²) in [6.07, 6.45) is 5.20. The summed E-state index contributed by atoms with van der Waals surface area (Å²) in [7, 11) is 1.97. The molecule has 86 valence electrons. The summed E-state index contributed by atoms with van der Waals surface area (Å²) in [6.45, 7) is 8.41. The van der Waals surface area contributed by atoms with Crippen molar-refractivity contribution in [2.75, 3.05) is 20.3 Å². The zero-order valence-corrected chi connectivity index (χ0v) is 10.3. The molecule has 2 atom stereocenters. The van der Waals surface area contributed by atoms with Gasteiger partial charge in [0.15, 0.2) is 0 Å². The largest absolute Gasteiger partial charge is 0.380 e. The van der Waals surface area contributed by atoms with Gasteiger partial charge in [-0.1, -0.05) is 33.1 Å². The van der Waals surface area contributed by atoms with Crippen molar-refractivity contribution in [1.29, 1.82) is 0 Å². The number of unbranched alkanes of at least 4 members (excludes halogenated alkanes) is 1. The van der Waals surface area contributed by atoms with Crippen molar-refractivity contribution >= 4 is 0 Å². The van der Waals surface area contributed by atoms with E-state index >= 15 is 0 Å². The lowest BCUT2D eigenvalue weighted by Crippen LogP contribution is -2.27. The van der Waals surface area contributed by atoms with Crippen LogP contribution in [0.1, 0.15) is 46.5 Å². The molecule has 0 heterocycles. The van der Waals surface area contributed by atoms with Crippen molar-refractivity contribution in [3.63, 3.8) is 0 Å². The highest BCUT2D eigenvalue weighted by Gasteiger charge is 2.06. The van der Waals surface area contributed by atoms with E-state index in [-0.39, 0.29) is 0 Å². The molecule has 14 heavy (non-hydrogen) atoms. The van der Waals surface area contributed by atoms with E-state index in [2.05, 4.69) is 26.1 Å². The van der Waals surface area contributed by atoms with E-state index in [9.17, 15) is 0 Å². The molecule has 0 bridgehead atoms. The minimum atomic E-state index is 0.471. The molecule has 0 spiro atoms. The molecule has 0 aromatic carbocycles. The third kappa shape index (κ3) is 7.34. The molecule has 0 saturated heterocycles. The topological polar surface area (TPSA) is 21.3 Å². The molecule has 0 radical (unpaired) electrons. The first-order chi connectivity index (χ1) is 6.74. The zero-order valence-electron chi connectivity index (χ0n) is 10.3. The lowest BCUT2D eigenvalue weighted by molar-refractivity contribution is 0.0814. The van der Waals surface area contributed by atoms with E-state index in [1.807, 2.05) is 7.05 Å². The molecular formula is C12H27NO. The second kappa shape index (κ2) is 9.47. The highest BCUT2D eigenvalue weighted by molar-refractivity contribution is 4.58. The van der Waals surface area contributed by atoms with Gasteiger partial charge in [-0.3, -0.25) is 0 Å². The first kappa shape index (κ1) is 13.9. The number of hydrogen-bond acceptors (Lipinski definition) is 2. The fourth-order valence-corrected chi connectivity index (χ4v) is 1.39. The van der Waals surface area contributed by atoms with Crippen LogP contribution in [0.25, 0.3) is 0 Å². The molecule has 1 N–H and O–H groups in total. The van der Waals surface area contributed by atoms with Crippen molar-refractivity contribution in [3.8, 4) is 0 Å². The van der Waals surface area contributed by atoms with Crippen LogP contribution in [0.3, 0.4) is 0 Å². The summed E-state index contributed by atoms with van der Waals surface area (Å²) in [6, 6.07) is 0.471. The second-order valence-corrected chi connectivity index (χ2v) is 4.14. The number of hydrogen-bond donors (Lipinski definition) is 1. The first-order valence-electron chi connectivity index (χ1n) is 5.99. The Labute approximate surface area is 89.4 Å². The Kier molecular flexibility index (Phi) is 9.42. The number of nitrogens with one attached hydrogen (secondary N) is 1. The molecule has 2 heteroatoms. The molecule has 0 aliphatic carbocycles. The molecule has 0 aliphatic rings. The van der Waals surface area contributed by atoms with Gasteiger partial charge in [0, 0.05) is 12.6 Å². The Balaban J connectivity index is 3.42. The third-order valence-electron chi connectivity index (χ3n) is 2.76. The minimum Gasteiger partial charge on any atom is -0.380 e. The van der Waals surface area contributed by atoms with Crippen LogP contribution in [0, 0.1) is 5.92 Å².